The fraction of sp³-hybridized carbons (Fsp3) is 0.240. The van der Waals surface area contributed by atoms with Gasteiger partial charge in [0.2, 0.25) is 5.95 Å². The highest BCUT2D eigenvalue weighted by molar-refractivity contribution is 5.82. The summed E-state index contributed by atoms with van der Waals surface area (Å²) in [7, 11) is 6.12. The second kappa shape index (κ2) is 9.30. The average Bonchev–Trinajstić information content (AvgIpc) is 2.80. The first-order valence-electron chi connectivity index (χ1n) is 11.1. The van der Waals surface area contributed by atoms with E-state index in [2.05, 4.69) is 35.4 Å². The van der Waals surface area contributed by atoms with Crippen LogP contribution in [0.3, 0.4) is 0 Å². The zero-order valence-electron chi connectivity index (χ0n) is 19.6. The normalized spacial score (nSPS) is 15.1. The molecule has 3 heterocycles. The smallest absolute Gasteiger partial charge is 0.229 e. The fourth-order valence-corrected chi connectivity index (χ4v) is 4.07. The van der Waals surface area contributed by atoms with Crippen LogP contribution in [0.25, 0.3) is 10.9 Å². The number of rotatable bonds is 6. The van der Waals surface area contributed by atoms with Crippen molar-refractivity contribution >= 4 is 39.7 Å². The summed E-state index contributed by atoms with van der Waals surface area (Å²) in [6.45, 7) is 1.64. The van der Waals surface area contributed by atoms with Gasteiger partial charge in [0.25, 0.3) is 0 Å². The molecule has 1 atom stereocenters. The minimum atomic E-state index is -0.925. The second-order valence-corrected chi connectivity index (χ2v) is 8.76. The van der Waals surface area contributed by atoms with Gasteiger partial charge in [0.1, 0.15) is 17.7 Å². The lowest BCUT2D eigenvalue weighted by molar-refractivity contribution is 0.156. The number of hydrogen-bond donors (Lipinski definition) is 2. The van der Waals surface area contributed by atoms with Crippen LogP contribution in [0, 0.1) is 11.6 Å². The van der Waals surface area contributed by atoms with Gasteiger partial charge in [-0.15, -0.1) is 0 Å². The van der Waals surface area contributed by atoms with Gasteiger partial charge in [-0.1, -0.05) is 0 Å². The summed E-state index contributed by atoms with van der Waals surface area (Å²) >= 11 is 0. The molecule has 0 aliphatic carbocycles. The van der Waals surface area contributed by atoms with Gasteiger partial charge in [0.15, 0.2) is 11.6 Å². The Morgan fingerprint density at radius 2 is 1.86 bits per heavy atom. The molecule has 8 nitrogen and oxygen atoms in total. The Labute approximate surface area is 201 Å². The lowest BCUT2D eigenvalue weighted by Crippen LogP contribution is -2.43. The number of likely N-dealkylation sites (N-methyl/N-ethyl adjacent to an activating group) is 2. The Bertz CT molecular complexity index is 1380. The van der Waals surface area contributed by atoms with Crippen LogP contribution in [0.4, 0.5) is 37.6 Å². The molecule has 0 saturated heterocycles. The van der Waals surface area contributed by atoms with Crippen molar-refractivity contribution in [2.45, 2.75) is 6.10 Å². The van der Waals surface area contributed by atoms with Crippen molar-refractivity contribution in [2.75, 3.05) is 49.8 Å². The lowest BCUT2D eigenvalue weighted by Gasteiger charge is -2.35. The molecule has 0 fully saturated rings. The number of aromatic nitrogens is 3. The quantitative estimate of drug-likeness (QED) is 0.419. The number of fused-ring (bicyclic) bond motifs is 2. The number of nitrogens with one attached hydrogen (secondary N) is 2. The van der Waals surface area contributed by atoms with E-state index in [0.717, 1.165) is 42.3 Å². The van der Waals surface area contributed by atoms with Gasteiger partial charge in [-0.05, 0) is 50.5 Å². The second-order valence-electron chi connectivity index (χ2n) is 8.76. The Hall–Kier alpha value is -4.05. The van der Waals surface area contributed by atoms with Gasteiger partial charge < -0.3 is 25.2 Å². The fourth-order valence-electron chi connectivity index (χ4n) is 4.07. The molecule has 1 aliphatic rings. The molecule has 2 aromatic heterocycles. The van der Waals surface area contributed by atoms with E-state index < -0.39 is 11.6 Å². The van der Waals surface area contributed by atoms with E-state index in [4.69, 9.17) is 4.74 Å². The van der Waals surface area contributed by atoms with Crippen LogP contribution in [0.5, 0.6) is 5.75 Å². The Morgan fingerprint density at radius 3 is 2.69 bits per heavy atom. The van der Waals surface area contributed by atoms with Crippen molar-refractivity contribution in [1.82, 2.24) is 19.9 Å². The number of pyridine rings is 1. The monoisotopic (exact) mass is 477 g/mol. The summed E-state index contributed by atoms with van der Waals surface area (Å²) in [5.74, 6) is -0.0738. The van der Waals surface area contributed by atoms with Crippen molar-refractivity contribution in [3.8, 4) is 5.75 Å². The van der Waals surface area contributed by atoms with Crippen LogP contribution >= 0.6 is 0 Å². The van der Waals surface area contributed by atoms with Gasteiger partial charge in [-0.3, -0.25) is 4.98 Å². The topological polar surface area (TPSA) is 78.4 Å². The first kappa shape index (κ1) is 22.7. The Morgan fingerprint density at radius 1 is 1.03 bits per heavy atom. The molecule has 4 aromatic rings. The maximum atomic E-state index is 13.6. The third kappa shape index (κ3) is 5.07. The molecule has 180 valence electrons. The summed E-state index contributed by atoms with van der Waals surface area (Å²) in [6.07, 6.45) is 3.27. The van der Waals surface area contributed by atoms with Gasteiger partial charge >= 0.3 is 0 Å². The van der Waals surface area contributed by atoms with E-state index in [-0.39, 0.29) is 6.10 Å². The van der Waals surface area contributed by atoms with Crippen molar-refractivity contribution < 1.29 is 13.5 Å². The number of hydrogen-bond acceptors (Lipinski definition) is 8. The van der Waals surface area contributed by atoms with Gasteiger partial charge in [-0.25, -0.2) is 13.8 Å². The molecule has 35 heavy (non-hydrogen) atoms. The zero-order valence-corrected chi connectivity index (χ0v) is 19.6. The van der Waals surface area contributed by atoms with Gasteiger partial charge in [0.05, 0.1) is 29.6 Å². The third-order valence-corrected chi connectivity index (χ3v) is 5.62. The maximum absolute atomic E-state index is 13.6. The molecule has 1 aliphatic heterocycles. The van der Waals surface area contributed by atoms with E-state index in [9.17, 15) is 8.78 Å². The van der Waals surface area contributed by atoms with Gasteiger partial charge in [-0.2, -0.15) is 4.98 Å². The summed E-state index contributed by atoms with van der Waals surface area (Å²) in [5, 5.41) is 6.84. The van der Waals surface area contributed by atoms with Crippen LogP contribution in [-0.2, 0) is 0 Å². The van der Waals surface area contributed by atoms with Crippen LogP contribution in [0.2, 0.25) is 0 Å². The first-order chi connectivity index (χ1) is 16.8. The minimum Gasteiger partial charge on any atom is -0.485 e. The molecule has 0 saturated carbocycles. The number of halogens is 2. The highest BCUT2D eigenvalue weighted by Crippen LogP contribution is 2.35. The van der Waals surface area contributed by atoms with Crippen molar-refractivity contribution in [3.63, 3.8) is 0 Å². The number of anilines is 5. The number of nitrogens with zero attached hydrogens (tertiary/aromatic N) is 5. The van der Waals surface area contributed by atoms with Crippen molar-refractivity contribution in [1.29, 1.82) is 0 Å². The Kier molecular flexibility index (Phi) is 6.04. The summed E-state index contributed by atoms with van der Waals surface area (Å²) in [6, 6.07) is 11.5. The highest BCUT2D eigenvalue weighted by atomic mass is 19.2. The maximum Gasteiger partial charge on any atom is 0.229 e. The SMILES string of the molecule is CN(C)CC1CN(C)c2cc(Nc3nccc(Nc4cnc5cc(F)c(F)cc5c4)n3)ccc2O1. The Balaban J connectivity index is 1.31. The van der Waals surface area contributed by atoms with Crippen LogP contribution in [0.1, 0.15) is 0 Å². The molecule has 5 rings (SSSR count). The minimum absolute atomic E-state index is 0.104. The summed E-state index contributed by atoms with van der Waals surface area (Å²) < 4.78 is 33.2. The summed E-state index contributed by atoms with van der Waals surface area (Å²) in [5.41, 5.74) is 2.78. The number of ether oxygens (including phenoxy) is 1. The molecule has 1 unspecified atom stereocenters. The predicted octanol–water partition coefficient (Wildman–Crippen LogP) is 4.55. The third-order valence-electron chi connectivity index (χ3n) is 5.62. The highest BCUT2D eigenvalue weighted by Gasteiger charge is 2.24. The van der Waals surface area contributed by atoms with E-state index in [1.807, 2.05) is 39.3 Å². The number of benzene rings is 2. The van der Waals surface area contributed by atoms with Crippen LogP contribution in [-0.4, -0.2) is 60.2 Å². The molecule has 0 bridgehead atoms. The zero-order chi connectivity index (χ0) is 24.5. The van der Waals surface area contributed by atoms with E-state index >= 15 is 0 Å². The first-order valence-corrected chi connectivity index (χ1v) is 11.1. The molecular weight excluding hydrogens is 452 g/mol. The van der Waals surface area contributed by atoms with Crippen LogP contribution < -0.4 is 20.3 Å². The van der Waals surface area contributed by atoms with E-state index in [0.29, 0.717) is 28.4 Å². The molecule has 0 amide bonds. The molecular formula is C25H25F2N7O. The molecule has 2 aromatic carbocycles. The van der Waals surface area contributed by atoms with E-state index in [1.54, 1.807) is 18.3 Å². The lowest BCUT2D eigenvalue weighted by atomic mass is 10.1. The predicted molar refractivity (Wildman–Crippen MR) is 133 cm³/mol. The van der Waals surface area contributed by atoms with E-state index in [1.165, 1.54) is 6.20 Å². The largest absolute Gasteiger partial charge is 0.485 e. The molecule has 0 radical (unpaired) electrons. The molecule has 0 spiro atoms. The van der Waals surface area contributed by atoms with Gasteiger partial charge in [0, 0.05) is 36.9 Å². The van der Waals surface area contributed by atoms with Crippen molar-refractivity contribution in [3.05, 3.63) is 66.5 Å². The molecule has 2 N–H and O–H groups in total. The summed E-state index contributed by atoms with van der Waals surface area (Å²) in [4.78, 5) is 17.3. The molecule has 10 heteroatoms. The average molecular weight is 478 g/mol. The standard InChI is InChI=1S/C25H25F2N7O/c1-33(2)13-18-14-34(3)22-10-16(4-5-23(22)35-18)31-25-28-7-6-24(32-25)30-17-8-15-9-19(26)20(27)11-21(15)29-12-17/h4-12,18H,13-14H2,1-3H3,(H2,28,30,31,32). The van der Waals surface area contributed by atoms with Crippen molar-refractivity contribution in [2.24, 2.45) is 0 Å². The van der Waals surface area contributed by atoms with Crippen LogP contribution in [0.15, 0.2) is 54.9 Å².